The molecule has 0 aliphatic heterocycles. The molecule has 1 aromatic carbocycles. The first-order valence-electron chi connectivity index (χ1n) is 6.07. The number of benzene rings is 1. The van der Waals surface area contributed by atoms with Crippen LogP contribution in [0.3, 0.4) is 0 Å². The number of para-hydroxylation sites is 2. The maximum atomic E-state index is 12.2. The Balaban J connectivity index is 2.06. The minimum absolute atomic E-state index is 0.231. The third-order valence-corrected chi connectivity index (χ3v) is 3.48. The first kappa shape index (κ1) is 14.4. The molecule has 3 N–H and O–H groups in total. The van der Waals surface area contributed by atoms with Crippen LogP contribution in [-0.4, -0.2) is 26.2 Å². The number of amides is 1. The van der Waals surface area contributed by atoms with Crippen LogP contribution in [0.15, 0.2) is 35.7 Å². The Morgan fingerprint density at radius 1 is 1.30 bits per heavy atom. The van der Waals surface area contributed by atoms with Crippen LogP contribution in [0.5, 0.6) is 5.75 Å². The number of nitrogens with two attached hydrogens (primary N) is 1. The van der Waals surface area contributed by atoms with E-state index >= 15 is 0 Å². The van der Waals surface area contributed by atoms with Crippen molar-refractivity contribution in [1.29, 1.82) is 0 Å². The van der Waals surface area contributed by atoms with Gasteiger partial charge in [0.25, 0.3) is 5.91 Å². The summed E-state index contributed by atoms with van der Waals surface area (Å²) in [4.78, 5) is 12.7. The van der Waals surface area contributed by atoms with Crippen molar-refractivity contribution in [3.63, 3.8) is 0 Å². The monoisotopic (exact) mass is 292 g/mol. The van der Waals surface area contributed by atoms with Crippen LogP contribution in [-0.2, 0) is 4.74 Å². The minimum Gasteiger partial charge on any atom is -0.489 e. The van der Waals surface area contributed by atoms with Crippen LogP contribution >= 0.6 is 11.3 Å². The van der Waals surface area contributed by atoms with Crippen LogP contribution in [0.25, 0.3) is 0 Å². The highest BCUT2D eigenvalue weighted by Crippen LogP contribution is 2.27. The smallest absolute Gasteiger partial charge is 0.269 e. The summed E-state index contributed by atoms with van der Waals surface area (Å²) in [5.74, 6) is 0.323. The summed E-state index contributed by atoms with van der Waals surface area (Å²) in [6.07, 6.45) is 0. The molecule has 2 rings (SSSR count). The number of nitrogen functional groups attached to an aromatic ring is 1. The number of anilines is 2. The number of thiophene rings is 1. The van der Waals surface area contributed by atoms with Crippen molar-refractivity contribution in [1.82, 2.24) is 0 Å². The highest BCUT2D eigenvalue weighted by atomic mass is 32.1. The van der Waals surface area contributed by atoms with Crippen molar-refractivity contribution in [2.24, 2.45) is 0 Å². The second-order valence-electron chi connectivity index (χ2n) is 4.00. The lowest BCUT2D eigenvalue weighted by Gasteiger charge is -2.09. The molecule has 0 saturated carbocycles. The number of nitrogens with one attached hydrogen (secondary N) is 1. The molecule has 0 bridgehead atoms. The van der Waals surface area contributed by atoms with Crippen molar-refractivity contribution >= 4 is 28.6 Å². The number of hydrogen-bond acceptors (Lipinski definition) is 5. The molecule has 5 nitrogen and oxygen atoms in total. The zero-order valence-corrected chi connectivity index (χ0v) is 11.9. The van der Waals surface area contributed by atoms with Gasteiger partial charge in [0.05, 0.1) is 18.0 Å². The fourth-order valence-electron chi connectivity index (χ4n) is 1.60. The van der Waals surface area contributed by atoms with E-state index in [2.05, 4.69) is 5.32 Å². The summed E-state index contributed by atoms with van der Waals surface area (Å²) in [5, 5.41) is 4.59. The van der Waals surface area contributed by atoms with E-state index in [0.717, 1.165) is 0 Å². The van der Waals surface area contributed by atoms with Gasteiger partial charge in [0.1, 0.15) is 17.2 Å². The molecule has 0 fully saturated rings. The summed E-state index contributed by atoms with van der Waals surface area (Å²) in [5.41, 5.74) is 6.92. The largest absolute Gasteiger partial charge is 0.489 e. The Morgan fingerprint density at radius 2 is 2.10 bits per heavy atom. The van der Waals surface area contributed by atoms with Crippen LogP contribution in [0.2, 0.25) is 0 Å². The van der Waals surface area contributed by atoms with E-state index in [-0.39, 0.29) is 5.91 Å². The molecule has 2 aromatic rings. The van der Waals surface area contributed by atoms with Crippen molar-refractivity contribution in [3.8, 4) is 5.75 Å². The number of rotatable bonds is 6. The quantitative estimate of drug-likeness (QED) is 0.634. The average molecular weight is 292 g/mol. The highest BCUT2D eigenvalue weighted by molar-refractivity contribution is 7.12. The standard InChI is InChI=1S/C14H16N2O3S/c1-18-7-8-19-12-6-9-20-13(12)14(17)16-11-5-3-2-4-10(11)15/h2-6,9H,7-8,15H2,1H3,(H,16,17). The molecular weight excluding hydrogens is 276 g/mol. The number of carbonyl (C=O) groups excluding carboxylic acids is 1. The van der Waals surface area contributed by atoms with E-state index < -0.39 is 0 Å². The maximum absolute atomic E-state index is 12.2. The normalized spacial score (nSPS) is 10.2. The summed E-state index contributed by atoms with van der Waals surface area (Å²) in [7, 11) is 1.60. The third-order valence-electron chi connectivity index (χ3n) is 2.59. The third kappa shape index (κ3) is 3.49. The lowest BCUT2D eigenvalue weighted by molar-refractivity contribution is 0.102. The summed E-state index contributed by atoms with van der Waals surface area (Å²) >= 11 is 1.32. The van der Waals surface area contributed by atoms with E-state index in [1.54, 1.807) is 25.3 Å². The fraction of sp³-hybridized carbons (Fsp3) is 0.214. The number of carbonyl (C=O) groups is 1. The zero-order chi connectivity index (χ0) is 14.4. The Morgan fingerprint density at radius 3 is 2.85 bits per heavy atom. The molecule has 0 aliphatic carbocycles. The molecule has 6 heteroatoms. The summed E-state index contributed by atoms with van der Waals surface area (Å²) in [6.45, 7) is 0.879. The number of hydrogen-bond donors (Lipinski definition) is 2. The van der Waals surface area contributed by atoms with Gasteiger partial charge in [-0.05, 0) is 23.6 Å². The van der Waals surface area contributed by atoms with Gasteiger partial charge in [0, 0.05) is 7.11 Å². The van der Waals surface area contributed by atoms with E-state index in [4.69, 9.17) is 15.2 Å². The Hall–Kier alpha value is -2.05. The molecule has 1 amide bonds. The minimum atomic E-state index is -0.231. The van der Waals surface area contributed by atoms with E-state index in [1.807, 2.05) is 17.5 Å². The lowest BCUT2D eigenvalue weighted by atomic mass is 10.2. The second-order valence-corrected chi connectivity index (χ2v) is 4.91. The predicted molar refractivity (Wildman–Crippen MR) is 80.5 cm³/mol. The van der Waals surface area contributed by atoms with Crippen LogP contribution in [0.4, 0.5) is 11.4 Å². The topological polar surface area (TPSA) is 73.6 Å². The number of methoxy groups -OCH3 is 1. The Bertz CT molecular complexity index is 583. The fourth-order valence-corrected chi connectivity index (χ4v) is 2.33. The first-order chi connectivity index (χ1) is 9.72. The van der Waals surface area contributed by atoms with Gasteiger partial charge in [-0.3, -0.25) is 4.79 Å². The first-order valence-corrected chi connectivity index (χ1v) is 6.95. The maximum Gasteiger partial charge on any atom is 0.269 e. The molecule has 0 atom stereocenters. The molecule has 0 radical (unpaired) electrons. The van der Waals surface area contributed by atoms with Gasteiger partial charge < -0.3 is 20.5 Å². The van der Waals surface area contributed by atoms with Gasteiger partial charge >= 0.3 is 0 Å². The molecule has 20 heavy (non-hydrogen) atoms. The molecule has 1 aromatic heterocycles. The molecule has 0 aliphatic rings. The Labute approximate surface area is 121 Å². The van der Waals surface area contributed by atoms with Gasteiger partial charge in [-0.2, -0.15) is 0 Å². The van der Waals surface area contributed by atoms with Gasteiger partial charge in [-0.15, -0.1) is 11.3 Å². The van der Waals surface area contributed by atoms with Crippen LogP contribution < -0.4 is 15.8 Å². The van der Waals surface area contributed by atoms with Gasteiger partial charge in [-0.25, -0.2) is 0 Å². The molecule has 106 valence electrons. The average Bonchev–Trinajstić information content (AvgIpc) is 2.90. The van der Waals surface area contributed by atoms with E-state index in [9.17, 15) is 4.79 Å². The zero-order valence-electron chi connectivity index (χ0n) is 11.1. The van der Waals surface area contributed by atoms with Crippen molar-refractivity contribution in [3.05, 3.63) is 40.6 Å². The highest BCUT2D eigenvalue weighted by Gasteiger charge is 2.15. The van der Waals surface area contributed by atoms with E-state index in [0.29, 0.717) is 35.2 Å². The van der Waals surface area contributed by atoms with E-state index in [1.165, 1.54) is 11.3 Å². The molecular formula is C14H16N2O3S. The number of ether oxygens (including phenoxy) is 2. The van der Waals surface area contributed by atoms with Gasteiger partial charge in [0.2, 0.25) is 0 Å². The van der Waals surface area contributed by atoms with Gasteiger partial charge in [0.15, 0.2) is 0 Å². The van der Waals surface area contributed by atoms with Crippen molar-refractivity contribution < 1.29 is 14.3 Å². The SMILES string of the molecule is COCCOc1ccsc1C(=O)Nc1ccccc1N. The molecule has 0 spiro atoms. The molecule has 0 saturated heterocycles. The van der Waals surface area contributed by atoms with Crippen molar-refractivity contribution in [2.75, 3.05) is 31.4 Å². The molecule has 0 unspecified atom stereocenters. The second kappa shape index (κ2) is 6.93. The van der Waals surface area contributed by atoms with Crippen molar-refractivity contribution in [2.45, 2.75) is 0 Å². The Kier molecular flexibility index (Phi) is 4.97. The van der Waals surface area contributed by atoms with Crippen LogP contribution in [0.1, 0.15) is 9.67 Å². The summed E-state index contributed by atoms with van der Waals surface area (Å²) < 4.78 is 10.4. The predicted octanol–water partition coefficient (Wildman–Crippen LogP) is 2.61. The van der Waals surface area contributed by atoms with Gasteiger partial charge in [-0.1, -0.05) is 12.1 Å². The summed E-state index contributed by atoms with van der Waals surface area (Å²) in [6, 6.07) is 8.89. The lowest BCUT2D eigenvalue weighted by Crippen LogP contribution is -2.13. The molecule has 1 heterocycles. The van der Waals surface area contributed by atoms with Crippen LogP contribution in [0, 0.1) is 0 Å².